The van der Waals surface area contributed by atoms with Gasteiger partial charge in [0.2, 0.25) is 0 Å². The van der Waals surface area contributed by atoms with Crippen molar-refractivity contribution in [2.45, 2.75) is 18.2 Å². The molecule has 0 unspecified atom stereocenters. The smallest absolute Gasteiger partial charge is 0.262 e. The van der Waals surface area contributed by atoms with Crippen LogP contribution in [0.4, 0.5) is 0 Å². The lowest BCUT2D eigenvalue weighted by Gasteiger charge is -2.18. The Morgan fingerprint density at radius 1 is 0.964 bits per heavy atom. The van der Waals surface area contributed by atoms with Crippen molar-refractivity contribution >= 4 is 37.7 Å². The fourth-order valence-corrected chi connectivity index (χ4v) is 4.69. The predicted molar refractivity (Wildman–Crippen MR) is 116 cm³/mol. The molecule has 0 spiro atoms. The molecule has 0 amide bonds. The van der Waals surface area contributed by atoms with Crippen LogP contribution < -0.4 is 10.4 Å². The number of hydrogen-bond donors (Lipinski definition) is 0. The lowest BCUT2D eigenvalue weighted by Crippen LogP contribution is -2.28. The fraction of sp³-hybridized carbons (Fsp3) is 0.130. The van der Waals surface area contributed by atoms with Gasteiger partial charge in [0.05, 0.1) is 11.5 Å². The van der Waals surface area contributed by atoms with E-state index in [-0.39, 0.29) is 11.5 Å². The van der Waals surface area contributed by atoms with Crippen molar-refractivity contribution < 1.29 is 12.6 Å². The summed E-state index contributed by atoms with van der Waals surface area (Å²) in [6.07, 6.45) is 8.97. The first kappa shape index (κ1) is 19.1. The summed E-state index contributed by atoms with van der Waals surface area (Å²) in [4.78, 5) is 0.170. The van der Waals surface area contributed by atoms with Crippen LogP contribution in [0.5, 0.6) is 0 Å². The van der Waals surface area contributed by atoms with Crippen molar-refractivity contribution in [3.8, 4) is 0 Å². The van der Waals surface area contributed by atoms with Crippen LogP contribution in [0, 0.1) is 6.92 Å². The highest BCUT2D eigenvalue weighted by atomic mass is 79.9. The second-order valence-electron chi connectivity index (χ2n) is 6.82. The molecule has 28 heavy (non-hydrogen) atoms. The van der Waals surface area contributed by atoms with Gasteiger partial charge in [0.1, 0.15) is 0 Å². The highest BCUT2D eigenvalue weighted by molar-refractivity contribution is 9.11. The van der Waals surface area contributed by atoms with Gasteiger partial charge < -0.3 is 0 Å². The van der Waals surface area contributed by atoms with Crippen LogP contribution in [-0.4, -0.2) is 15.0 Å². The SMILES string of the molecule is Cc1ccc(S(=O)(=O)OCC2=c3ccccc3=CC=C3CC(Br)=CC=C32)cc1. The Kier molecular flexibility index (Phi) is 5.23. The largest absolute Gasteiger partial charge is 0.297 e. The maximum Gasteiger partial charge on any atom is 0.297 e. The number of hydrogen-bond acceptors (Lipinski definition) is 3. The first-order valence-corrected chi connectivity index (χ1v) is 11.2. The fourth-order valence-electron chi connectivity index (χ4n) is 3.38. The Bertz CT molecular complexity index is 1250. The topological polar surface area (TPSA) is 43.4 Å². The normalized spacial score (nSPS) is 16.1. The molecule has 4 rings (SSSR count). The van der Waals surface area contributed by atoms with E-state index in [0.717, 1.165) is 43.6 Å². The molecule has 0 saturated carbocycles. The summed E-state index contributed by atoms with van der Waals surface area (Å²) in [5, 5.41) is 2.04. The van der Waals surface area contributed by atoms with Crippen molar-refractivity contribution in [3.05, 3.63) is 98.4 Å². The van der Waals surface area contributed by atoms with Crippen LogP contribution in [0.25, 0.3) is 11.6 Å². The first-order valence-electron chi connectivity index (χ1n) is 8.96. The van der Waals surface area contributed by atoms with Crippen molar-refractivity contribution in [1.29, 1.82) is 0 Å². The van der Waals surface area contributed by atoms with Crippen LogP contribution in [0.2, 0.25) is 0 Å². The van der Waals surface area contributed by atoms with E-state index in [1.165, 1.54) is 0 Å². The first-order chi connectivity index (χ1) is 13.4. The van der Waals surface area contributed by atoms with E-state index in [9.17, 15) is 8.42 Å². The Balaban J connectivity index is 1.77. The number of aryl methyl sites for hydroxylation is 1. The van der Waals surface area contributed by atoms with E-state index >= 15 is 0 Å². The second kappa shape index (κ2) is 7.66. The highest BCUT2D eigenvalue weighted by Gasteiger charge is 2.21. The van der Waals surface area contributed by atoms with Gasteiger partial charge in [-0.3, -0.25) is 4.18 Å². The molecule has 5 heteroatoms. The van der Waals surface area contributed by atoms with Gasteiger partial charge in [0.25, 0.3) is 10.1 Å². The Labute approximate surface area is 173 Å². The van der Waals surface area contributed by atoms with Crippen LogP contribution >= 0.6 is 15.9 Å². The van der Waals surface area contributed by atoms with Crippen molar-refractivity contribution in [2.75, 3.05) is 6.61 Å². The molecule has 0 bridgehead atoms. The average molecular weight is 455 g/mol. The second-order valence-corrected chi connectivity index (χ2v) is 9.46. The van der Waals surface area contributed by atoms with E-state index in [4.69, 9.17) is 4.18 Å². The predicted octanol–water partition coefficient (Wildman–Crippen LogP) is 3.88. The summed E-state index contributed by atoms with van der Waals surface area (Å²) in [5.74, 6) is 0. The Morgan fingerprint density at radius 2 is 1.71 bits per heavy atom. The van der Waals surface area contributed by atoms with Crippen molar-refractivity contribution in [1.82, 2.24) is 0 Å². The van der Waals surface area contributed by atoms with Gasteiger partial charge in [0.15, 0.2) is 0 Å². The summed E-state index contributed by atoms with van der Waals surface area (Å²) >= 11 is 3.56. The molecule has 0 atom stereocenters. The molecule has 0 radical (unpaired) electrons. The standard InChI is InChI=1S/C23H19BrO3S/c1-16-6-11-20(12-7-16)28(25,26)27-15-23-21-5-3-2-4-17(21)8-9-18-14-19(24)10-13-22(18)23/h2-13H,14-15H2,1H3. The highest BCUT2D eigenvalue weighted by Crippen LogP contribution is 2.33. The lowest BCUT2D eigenvalue weighted by molar-refractivity contribution is 0.362. The Hall–Kier alpha value is -2.21. The minimum absolute atomic E-state index is 0.0182. The van der Waals surface area contributed by atoms with Crippen molar-refractivity contribution in [3.63, 3.8) is 0 Å². The summed E-state index contributed by atoms with van der Waals surface area (Å²) in [7, 11) is -3.84. The van der Waals surface area contributed by atoms with Crippen LogP contribution in [0.3, 0.4) is 0 Å². The summed E-state index contributed by atoms with van der Waals surface area (Å²) in [6, 6.07) is 14.7. The summed E-state index contributed by atoms with van der Waals surface area (Å²) in [5.41, 5.74) is 4.03. The molecule has 2 aromatic rings. The number of halogens is 1. The zero-order valence-corrected chi connectivity index (χ0v) is 17.8. The van der Waals surface area contributed by atoms with Gasteiger partial charge in [0, 0.05) is 6.42 Å². The van der Waals surface area contributed by atoms with Gasteiger partial charge in [-0.15, -0.1) is 0 Å². The summed E-state index contributed by atoms with van der Waals surface area (Å²) < 4.78 is 32.0. The van der Waals surface area contributed by atoms with E-state index in [0.29, 0.717) is 0 Å². The van der Waals surface area contributed by atoms with Crippen LogP contribution in [0.15, 0.2) is 87.3 Å². The van der Waals surface area contributed by atoms with Gasteiger partial charge in [-0.25, -0.2) is 0 Å². The molecule has 0 heterocycles. The maximum absolute atomic E-state index is 12.7. The van der Waals surface area contributed by atoms with Crippen LogP contribution in [0.1, 0.15) is 12.0 Å². The van der Waals surface area contributed by atoms with E-state index in [1.54, 1.807) is 24.3 Å². The maximum atomic E-state index is 12.7. The van der Waals surface area contributed by atoms with Gasteiger partial charge in [-0.05, 0) is 50.7 Å². The van der Waals surface area contributed by atoms with Gasteiger partial charge in [-0.2, -0.15) is 8.42 Å². The third-order valence-electron chi connectivity index (χ3n) is 4.88. The Morgan fingerprint density at radius 3 is 2.50 bits per heavy atom. The molecule has 0 fully saturated rings. The molecule has 0 aliphatic heterocycles. The molecular formula is C23H19BrO3S. The minimum Gasteiger partial charge on any atom is -0.262 e. The molecule has 0 N–H and O–H groups in total. The zero-order valence-electron chi connectivity index (χ0n) is 15.4. The number of rotatable bonds is 4. The quantitative estimate of drug-likeness (QED) is 0.658. The number of allylic oxidation sites excluding steroid dienone is 5. The van der Waals surface area contributed by atoms with Crippen LogP contribution in [-0.2, 0) is 14.3 Å². The summed E-state index contributed by atoms with van der Waals surface area (Å²) in [6.45, 7) is 1.90. The molecule has 2 aliphatic rings. The van der Waals surface area contributed by atoms with E-state index < -0.39 is 10.1 Å². The molecule has 3 nitrogen and oxygen atoms in total. The number of benzene rings is 2. The molecular weight excluding hydrogens is 436 g/mol. The van der Waals surface area contributed by atoms with Crippen molar-refractivity contribution in [2.24, 2.45) is 0 Å². The van der Waals surface area contributed by atoms with Gasteiger partial charge in [-0.1, -0.05) is 82.2 Å². The van der Waals surface area contributed by atoms with Gasteiger partial charge >= 0.3 is 0 Å². The van der Waals surface area contributed by atoms with E-state index in [1.807, 2.05) is 43.3 Å². The molecule has 0 saturated heterocycles. The molecule has 142 valence electrons. The van der Waals surface area contributed by atoms with E-state index in [2.05, 4.69) is 28.1 Å². The number of fused-ring (bicyclic) bond motifs is 2. The lowest BCUT2D eigenvalue weighted by atomic mass is 9.91. The molecule has 2 aliphatic carbocycles. The minimum atomic E-state index is -3.84. The molecule has 0 aromatic heterocycles. The molecule has 2 aromatic carbocycles. The third kappa shape index (κ3) is 3.83. The monoisotopic (exact) mass is 454 g/mol. The zero-order chi connectivity index (χ0) is 19.7. The average Bonchev–Trinajstić information content (AvgIpc) is 2.83. The third-order valence-corrected chi connectivity index (χ3v) is 6.70.